The molecular weight excluding hydrogens is 272 g/mol. The lowest BCUT2D eigenvalue weighted by Crippen LogP contribution is -2.33. The van der Waals surface area contributed by atoms with Crippen LogP contribution in [0.5, 0.6) is 0 Å². The van der Waals surface area contributed by atoms with E-state index in [1.54, 1.807) is 0 Å². The molecule has 2 bridgehead atoms. The second kappa shape index (κ2) is 4.40. The van der Waals surface area contributed by atoms with Crippen molar-refractivity contribution >= 4 is 5.65 Å². The lowest BCUT2D eigenvalue weighted by atomic mass is 10.0. The van der Waals surface area contributed by atoms with E-state index >= 15 is 0 Å². The van der Waals surface area contributed by atoms with Crippen molar-refractivity contribution in [3.8, 4) is 11.3 Å². The molecule has 1 fully saturated rings. The molecule has 2 aliphatic heterocycles. The van der Waals surface area contributed by atoms with E-state index in [2.05, 4.69) is 52.1 Å². The standard InChI is InChI=1S/C18H18N4/c1-11-4-2-3-5-13(11)16-9-18-19-10-14-15-7-6-12(20-15)8-17(14)22(18)21-16/h2-5,9-10,12,15,20H,6-8H2,1H3/t12-,15-/m0/s1. The molecule has 4 heterocycles. The molecule has 1 aromatic carbocycles. The number of benzene rings is 1. The van der Waals surface area contributed by atoms with E-state index < -0.39 is 0 Å². The fourth-order valence-electron chi connectivity index (χ4n) is 3.94. The second-order valence-corrected chi connectivity index (χ2v) is 6.47. The summed E-state index contributed by atoms with van der Waals surface area (Å²) < 4.78 is 2.07. The largest absolute Gasteiger partial charge is 0.307 e. The Labute approximate surface area is 129 Å². The highest BCUT2D eigenvalue weighted by atomic mass is 15.3. The van der Waals surface area contributed by atoms with E-state index in [4.69, 9.17) is 5.10 Å². The fraction of sp³-hybridized carbons (Fsp3) is 0.333. The average Bonchev–Trinajstić information content (AvgIpc) is 3.12. The van der Waals surface area contributed by atoms with Gasteiger partial charge in [0, 0.05) is 41.9 Å². The van der Waals surface area contributed by atoms with Crippen LogP contribution in [0.2, 0.25) is 0 Å². The number of aryl methyl sites for hydroxylation is 1. The average molecular weight is 290 g/mol. The Bertz CT molecular complexity index is 880. The van der Waals surface area contributed by atoms with Crippen LogP contribution >= 0.6 is 0 Å². The molecule has 0 unspecified atom stereocenters. The monoisotopic (exact) mass is 290 g/mol. The van der Waals surface area contributed by atoms with Crippen LogP contribution in [0.15, 0.2) is 36.5 Å². The Morgan fingerprint density at radius 2 is 2.14 bits per heavy atom. The summed E-state index contributed by atoms with van der Waals surface area (Å²) in [4.78, 5) is 4.65. The SMILES string of the molecule is Cc1ccccc1-c1cc2ncc3c(n2n1)C[C@@H]1CC[C@@H]3N1. The van der Waals surface area contributed by atoms with Crippen LogP contribution < -0.4 is 5.32 Å². The van der Waals surface area contributed by atoms with Gasteiger partial charge in [-0.1, -0.05) is 24.3 Å². The van der Waals surface area contributed by atoms with Crippen molar-refractivity contribution in [1.82, 2.24) is 19.9 Å². The van der Waals surface area contributed by atoms with Crippen molar-refractivity contribution in [2.45, 2.75) is 38.3 Å². The third kappa shape index (κ3) is 1.67. The lowest BCUT2D eigenvalue weighted by Gasteiger charge is -2.24. The van der Waals surface area contributed by atoms with E-state index in [9.17, 15) is 0 Å². The van der Waals surface area contributed by atoms with Crippen molar-refractivity contribution in [1.29, 1.82) is 0 Å². The molecule has 0 spiro atoms. The number of nitrogens with zero attached hydrogens (tertiary/aromatic N) is 3. The van der Waals surface area contributed by atoms with Gasteiger partial charge < -0.3 is 5.32 Å². The molecule has 1 N–H and O–H groups in total. The molecule has 2 aromatic heterocycles. The molecule has 4 nitrogen and oxygen atoms in total. The summed E-state index contributed by atoms with van der Waals surface area (Å²) in [6.45, 7) is 2.13. The molecule has 0 amide bonds. The Balaban J connectivity index is 1.72. The normalized spacial score (nSPS) is 23.0. The Hall–Kier alpha value is -2.20. The smallest absolute Gasteiger partial charge is 0.155 e. The minimum absolute atomic E-state index is 0.469. The molecule has 1 saturated heterocycles. The Kier molecular flexibility index (Phi) is 2.47. The molecule has 5 rings (SSSR count). The molecule has 0 aliphatic carbocycles. The van der Waals surface area contributed by atoms with Gasteiger partial charge in [0.25, 0.3) is 0 Å². The number of fused-ring (bicyclic) bond motifs is 6. The topological polar surface area (TPSA) is 42.2 Å². The van der Waals surface area contributed by atoms with Crippen LogP contribution in [-0.2, 0) is 6.42 Å². The van der Waals surface area contributed by atoms with Crippen LogP contribution in [0.3, 0.4) is 0 Å². The summed E-state index contributed by atoms with van der Waals surface area (Å²) >= 11 is 0. The Morgan fingerprint density at radius 3 is 3.05 bits per heavy atom. The molecule has 4 heteroatoms. The highest BCUT2D eigenvalue weighted by molar-refractivity contribution is 5.67. The van der Waals surface area contributed by atoms with E-state index in [0.717, 1.165) is 17.8 Å². The van der Waals surface area contributed by atoms with E-state index in [0.29, 0.717) is 12.1 Å². The fourth-order valence-corrected chi connectivity index (χ4v) is 3.94. The van der Waals surface area contributed by atoms with Gasteiger partial charge in [-0.25, -0.2) is 9.50 Å². The van der Waals surface area contributed by atoms with E-state index in [-0.39, 0.29) is 0 Å². The van der Waals surface area contributed by atoms with E-state index in [1.165, 1.54) is 35.2 Å². The quantitative estimate of drug-likeness (QED) is 0.749. The third-order valence-corrected chi connectivity index (χ3v) is 5.09. The number of hydrogen-bond donors (Lipinski definition) is 1. The maximum absolute atomic E-state index is 4.88. The summed E-state index contributed by atoms with van der Waals surface area (Å²) in [6, 6.07) is 11.6. The first-order valence-corrected chi connectivity index (χ1v) is 7.99. The second-order valence-electron chi connectivity index (χ2n) is 6.47. The van der Waals surface area contributed by atoms with Gasteiger partial charge in [-0.2, -0.15) is 5.10 Å². The van der Waals surface area contributed by atoms with Crippen LogP contribution in [0, 0.1) is 6.92 Å². The highest BCUT2D eigenvalue weighted by Crippen LogP contribution is 2.36. The summed E-state index contributed by atoms with van der Waals surface area (Å²) in [5.74, 6) is 0. The van der Waals surface area contributed by atoms with Gasteiger partial charge in [-0.15, -0.1) is 0 Å². The Morgan fingerprint density at radius 1 is 1.23 bits per heavy atom. The van der Waals surface area contributed by atoms with Crippen molar-refractivity contribution in [3.63, 3.8) is 0 Å². The van der Waals surface area contributed by atoms with Gasteiger partial charge in [0.1, 0.15) is 0 Å². The van der Waals surface area contributed by atoms with Crippen molar-refractivity contribution in [3.05, 3.63) is 53.3 Å². The molecule has 2 atom stereocenters. The molecule has 0 saturated carbocycles. The molecule has 2 aliphatic rings. The zero-order valence-electron chi connectivity index (χ0n) is 12.6. The first kappa shape index (κ1) is 12.4. The summed E-state index contributed by atoms with van der Waals surface area (Å²) in [7, 11) is 0. The number of nitrogens with one attached hydrogen (secondary N) is 1. The molecule has 0 radical (unpaired) electrons. The summed E-state index contributed by atoms with van der Waals surface area (Å²) in [5, 5.41) is 8.56. The minimum atomic E-state index is 0.469. The predicted octanol–water partition coefficient (Wildman–Crippen LogP) is 3.05. The van der Waals surface area contributed by atoms with Crippen molar-refractivity contribution in [2.24, 2.45) is 0 Å². The van der Waals surface area contributed by atoms with Crippen molar-refractivity contribution < 1.29 is 0 Å². The van der Waals surface area contributed by atoms with Crippen molar-refractivity contribution in [2.75, 3.05) is 0 Å². The molecule has 3 aromatic rings. The number of hydrogen-bond acceptors (Lipinski definition) is 3. The van der Waals surface area contributed by atoms with Crippen LogP contribution in [0.1, 0.15) is 35.7 Å². The zero-order valence-corrected chi connectivity index (χ0v) is 12.6. The summed E-state index contributed by atoms with van der Waals surface area (Å²) in [5.41, 5.74) is 7.10. The van der Waals surface area contributed by atoms with Crippen LogP contribution in [-0.4, -0.2) is 20.6 Å². The van der Waals surface area contributed by atoms with Crippen LogP contribution in [0.4, 0.5) is 0 Å². The zero-order chi connectivity index (χ0) is 14.7. The maximum Gasteiger partial charge on any atom is 0.155 e. The highest BCUT2D eigenvalue weighted by Gasteiger charge is 2.34. The van der Waals surface area contributed by atoms with Gasteiger partial charge in [0.2, 0.25) is 0 Å². The molecule has 110 valence electrons. The molecule has 22 heavy (non-hydrogen) atoms. The predicted molar refractivity (Wildman–Crippen MR) is 85.8 cm³/mol. The number of aromatic nitrogens is 3. The minimum Gasteiger partial charge on any atom is -0.307 e. The van der Waals surface area contributed by atoms with Crippen LogP contribution in [0.25, 0.3) is 16.9 Å². The van der Waals surface area contributed by atoms with Gasteiger partial charge in [0.05, 0.1) is 11.4 Å². The number of rotatable bonds is 1. The summed E-state index contributed by atoms with van der Waals surface area (Å²) in [6.07, 6.45) is 5.58. The van der Waals surface area contributed by atoms with Gasteiger partial charge in [0.15, 0.2) is 5.65 Å². The van der Waals surface area contributed by atoms with Gasteiger partial charge in [-0.3, -0.25) is 0 Å². The van der Waals surface area contributed by atoms with Gasteiger partial charge in [-0.05, 0) is 25.3 Å². The lowest BCUT2D eigenvalue weighted by molar-refractivity contribution is 0.496. The first-order chi connectivity index (χ1) is 10.8. The third-order valence-electron chi connectivity index (χ3n) is 5.09. The maximum atomic E-state index is 4.88. The first-order valence-electron chi connectivity index (χ1n) is 7.99. The van der Waals surface area contributed by atoms with E-state index in [1.807, 2.05) is 6.20 Å². The van der Waals surface area contributed by atoms with Gasteiger partial charge >= 0.3 is 0 Å². The molecular formula is C18H18N4.